The molecule has 0 spiro atoms. The van der Waals surface area contributed by atoms with E-state index in [0.29, 0.717) is 47.8 Å². The molecule has 1 saturated heterocycles. The lowest BCUT2D eigenvalue weighted by atomic mass is 10.1. The van der Waals surface area contributed by atoms with E-state index in [1.54, 1.807) is 18.1 Å². The predicted molar refractivity (Wildman–Crippen MR) is 113 cm³/mol. The van der Waals surface area contributed by atoms with Crippen LogP contribution in [0.25, 0.3) is 11.4 Å². The average molecular weight is 428 g/mol. The van der Waals surface area contributed by atoms with E-state index in [4.69, 9.17) is 25.6 Å². The third kappa shape index (κ3) is 3.73. The molecule has 1 amide bonds. The van der Waals surface area contributed by atoms with E-state index in [9.17, 15) is 4.79 Å². The number of aromatic nitrogens is 2. The summed E-state index contributed by atoms with van der Waals surface area (Å²) in [5.74, 6) is 1.96. The van der Waals surface area contributed by atoms with Gasteiger partial charge in [-0.2, -0.15) is 4.98 Å². The highest BCUT2D eigenvalue weighted by atomic mass is 35.5. The van der Waals surface area contributed by atoms with Crippen LogP contribution in [0.5, 0.6) is 11.5 Å². The van der Waals surface area contributed by atoms with Crippen LogP contribution >= 0.6 is 11.6 Å². The minimum absolute atomic E-state index is 0.00727. The molecular formula is C22H22ClN3O4. The first-order valence-corrected chi connectivity index (χ1v) is 10.1. The number of amides is 1. The largest absolute Gasteiger partial charge is 0.493 e. The van der Waals surface area contributed by atoms with Crippen molar-refractivity contribution >= 4 is 23.2 Å². The third-order valence-electron chi connectivity index (χ3n) is 5.17. The van der Waals surface area contributed by atoms with Gasteiger partial charge in [-0.05, 0) is 49.7 Å². The van der Waals surface area contributed by atoms with E-state index in [1.165, 1.54) is 0 Å². The number of hydrogen-bond donors (Lipinski definition) is 0. The molecule has 3 aromatic rings. The van der Waals surface area contributed by atoms with Crippen LogP contribution in [-0.2, 0) is 4.79 Å². The molecule has 30 heavy (non-hydrogen) atoms. The molecule has 0 N–H and O–H groups in total. The van der Waals surface area contributed by atoms with Crippen LogP contribution in [-0.4, -0.2) is 36.3 Å². The number of nitrogens with zero attached hydrogens (tertiary/aromatic N) is 3. The zero-order valence-electron chi connectivity index (χ0n) is 17.0. The topological polar surface area (TPSA) is 77.7 Å². The number of halogens is 1. The number of carbonyl (C=O) groups is 1. The lowest BCUT2D eigenvalue weighted by molar-refractivity contribution is -0.117. The minimum Gasteiger partial charge on any atom is -0.493 e. The van der Waals surface area contributed by atoms with Crippen molar-refractivity contribution in [3.63, 3.8) is 0 Å². The Hall–Kier alpha value is -3.06. The van der Waals surface area contributed by atoms with Gasteiger partial charge in [-0.3, -0.25) is 4.79 Å². The molecule has 1 aliphatic rings. The summed E-state index contributed by atoms with van der Waals surface area (Å²) in [6.45, 7) is 4.83. The minimum atomic E-state index is -0.179. The van der Waals surface area contributed by atoms with Crippen LogP contribution in [0, 0.1) is 6.92 Å². The van der Waals surface area contributed by atoms with Gasteiger partial charge in [-0.25, -0.2) is 0 Å². The van der Waals surface area contributed by atoms with Crippen molar-refractivity contribution in [3.05, 3.63) is 52.9 Å². The van der Waals surface area contributed by atoms with Crippen LogP contribution in [0.4, 0.5) is 5.69 Å². The maximum absolute atomic E-state index is 12.6. The molecule has 1 atom stereocenters. The van der Waals surface area contributed by atoms with Crippen molar-refractivity contribution < 1.29 is 18.8 Å². The van der Waals surface area contributed by atoms with Gasteiger partial charge in [0.2, 0.25) is 17.6 Å². The Morgan fingerprint density at radius 2 is 2.10 bits per heavy atom. The lowest BCUT2D eigenvalue weighted by Gasteiger charge is -2.19. The van der Waals surface area contributed by atoms with Gasteiger partial charge in [0.15, 0.2) is 11.5 Å². The Labute approximate surface area is 179 Å². The van der Waals surface area contributed by atoms with E-state index in [0.717, 1.165) is 16.8 Å². The highest BCUT2D eigenvalue weighted by Gasteiger charge is 2.36. The van der Waals surface area contributed by atoms with Gasteiger partial charge in [-0.1, -0.05) is 22.8 Å². The second-order valence-electron chi connectivity index (χ2n) is 7.04. The first-order valence-electron chi connectivity index (χ1n) is 9.72. The Kier molecular flexibility index (Phi) is 5.63. The van der Waals surface area contributed by atoms with Gasteiger partial charge in [0.25, 0.3) is 0 Å². The number of benzene rings is 2. The molecule has 0 aliphatic carbocycles. The van der Waals surface area contributed by atoms with E-state index >= 15 is 0 Å². The number of carbonyl (C=O) groups excluding carboxylic acids is 1. The molecular weight excluding hydrogens is 406 g/mol. The number of rotatable bonds is 6. The van der Waals surface area contributed by atoms with Gasteiger partial charge in [0.1, 0.15) is 0 Å². The summed E-state index contributed by atoms with van der Waals surface area (Å²) >= 11 is 6.22. The van der Waals surface area contributed by atoms with Crippen LogP contribution in [0.2, 0.25) is 5.02 Å². The first kappa shape index (κ1) is 20.2. The number of hydrogen-bond acceptors (Lipinski definition) is 6. The Balaban J connectivity index is 1.56. The van der Waals surface area contributed by atoms with Crippen molar-refractivity contribution in [1.29, 1.82) is 0 Å². The fourth-order valence-electron chi connectivity index (χ4n) is 3.59. The highest BCUT2D eigenvalue weighted by molar-refractivity contribution is 6.31. The van der Waals surface area contributed by atoms with Gasteiger partial charge >= 0.3 is 0 Å². The van der Waals surface area contributed by atoms with Crippen LogP contribution < -0.4 is 14.4 Å². The van der Waals surface area contributed by atoms with Crippen molar-refractivity contribution in [2.24, 2.45) is 0 Å². The molecule has 8 heteroatoms. The van der Waals surface area contributed by atoms with Crippen LogP contribution in [0.1, 0.15) is 30.7 Å². The van der Waals surface area contributed by atoms with E-state index in [1.807, 2.05) is 44.2 Å². The van der Waals surface area contributed by atoms with E-state index in [-0.39, 0.29) is 11.8 Å². The SMILES string of the molecule is CCOc1ccc(-c2noc(C3CC(=O)N(c4cccc(Cl)c4C)C3)n2)cc1OC. The predicted octanol–water partition coefficient (Wildman–Crippen LogP) is 4.63. The molecule has 2 aromatic carbocycles. The summed E-state index contributed by atoms with van der Waals surface area (Å²) in [7, 11) is 1.58. The molecule has 0 saturated carbocycles. The molecule has 1 aliphatic heterocycles. The molecule has 7 nitrogen and oxygen atoms in total. The molecule has 1 unspecified atom stereocenters. The van der Waals surface area contributed by atoms with Crippen molar-refractivity contribution in [1.82, 2.24) is 10.1 Å². The standard InChI is InChI=1S/C22H22ClN3O4/c1-4-29-18-9-8-14(10-19(18)28-3)21-24-22(30-25-21)15-11-20(27)26(12-15)17-7-5-6-16(23)13(17)2/h5-10,15H,4,11-12H2,1-3H3. The van der Waals surface area contributed by atoms with E-state index in [2.05, 4.69) is 10.1 Å². The van der Waals surface area contributed by atoms with Crippen molar-refractivity contribution in [2.75, 3.05) is 25.2 Å². The zero-order chi connectivity index (χ0) is 21.3. The zero-order valence-corrected chi connectivity index (χ0v) is 17.8. The maximum atomic E-state index is 12.6. The summed E-state index contributed by atoms with van der Waals surface area (Å²) in [6.07, 6.45) is 0.306. The van der Waals surface area contributed by atoms with Gasteiger partial charge in [0.05, 0.1) is 19.6 Å². The second kappa shape index (κ2) is 8.36. The summed E-state index contributed by atoms with van der Waals surface area (Å²) in [5.41, 5.74) is 2.43. The third-order valence-corrected chi connectivity index (χ3v) is 5.58. The number of methoxy groups -OCH3 is 1. The van der Waals surface area contributed by atoms with Crippen LogP contribution in [0.3, 0.4) is 0 Å². The molecule has 156 valence electrons. The molecule has 1 fully saturated rings. The fourth-order valence-corrected chi connectivity index (χ4v) is 3.76. The van der Waals surface area contributed by atoms with Gasteiger partial charge in [-0.15, -0.1) is 0 Å². The van der Waals surface area contributed by atoms with Crippen LogP contribution in [0.15, 0.2) is 40.9 Å². The Bertz CT molecular complexity index is 1080. The molecule has 0 radical (unpaired) electrons. The summed E-state index contributed by atoms with van der Waals surface area (Å²) in [6, 6.07) is 11.0. The van der Waals surface area contributed by atoms with E-state index < -0.39 is 0 Å². The summed E-state index contributed by atoms with van der Waals surface area (Å²) < 4.78 is 16.4. The smallest absolute Gasteiger partial charge is 0.232 e. The molecule has 2 heterocycles. The quantitative estimate of drug-likeness (QED) is 0.571. The van der Waals surface area contributed by atoms with Crippen molar-refractivity contribution in [3.8, 4) is 22.9 Å². The van der Waals surface area contributed by atoms with Crippen molar-refractivity contribution in [2.45, 2.75) is 26.2 Å². The molecule has 0 bridgehead atoms. The normalized spacial score (nSPS) is 16.2. The lowest BCUT2D eigenvalue weighted by Crippen LogP contribution is -2.25. The van der Waals surface area contributed by atoms with Gasteiger partial charge in [0, 0.05) is 29.2 Å². The Morgan fingerprint density at radius 3 is 2.87 bits per heavy atom. The monoisotopic (exact) mass is 427 g/mol. The average Bonchev–Trinajstić information content (AvgIpc) is 3.38. The van der Waals surface area contributed by atoms with Gasteiger partial charge < -0.3 is 18.9 Å². The Morgan fingerprint density at radius 1 is 1.27 bits per heavy atom. The number of ether oxygens (including phenoxy) is 2. The fraction of sp³-hybridized carbons (Fsp3) is 0.318. The summed E-state index contributed by atoms with van der Waals surface area (Å²) in [5, 5.41) is 4.74. The first-order chi connectivity index (χ1) is 14.5. The maximum Gasteiger partial charge on any atom is 0.232 e. The second-order valence-corrected chi connectivity index (χ2v) is 7.45. The highest BCUT2D eigenvalue weighted by Crippen LogP contribution is 2.36. The number of anilines is 1. The summed E-state index contributed by atoms with van der Waals surface area (Å²) in [4.78, 5) is 18.9. The molecule has 4 rings (SSSR count). The molecule has 1 aromatic heterocycles.